The van der Waals surface area contributed by atoms with E-state index in [0.29, 0.717) is 0 Å². The normalized spacial score (nSPS) is 7.44. The molecule has 88 valence electrons. The Hall–Kier alpha value is -1.55. The van der Waals surface area contributed by atoms with E-state index in [2.05, 4.69) is 37.8 Å². The minimum atomic E-state index is 1.10. The van der Waals surface area contributed by atoms with Gasteiger partial charge in [-0.25, -0.2) is 0 Å². The predicted molar refractivity (Wildman–Crippen MR) is 72.2 cm³/mol. The van der Waals surface area contributed by atoms with Gasteiger partial charge < -0.3 is 0 Å². The highest BCUT2D eigenvalue weighted by Crippen LogP contribution is 2.06. The van der Waals surface area contributed by atoms with Crippen LogP contribution in [-0.4, -0.2) is 0 Å². The van der Waals surface area contributed by atoms with Crippen molar-refractivity contribution in [1.82, 2.24) is 0 Å². The van der Waals surface area contributed by atoms with Gasteiger partial charge in [0, 0.05) is 6.92 Å². The first-order chi connectivity index (χ1) is 7.70. The molecule has 0 spiro atoms. The van der Waals surface area contributed by atoms with E-state index in [1.54, 1.807) is 6.07 Å². The number of hydrogen-bond acceptors (Lipinski definition) is 1. The van der Waals surface area contributed by atoms with Crippen LogP contribution in [-0.2, 0) is 6.42 Å². The zero-order valence-electron chi connectivity index (χ0n) is 11.0. The van der Waals surface area contributed by atoms with E-state index >= 15 is 0 Å². The summed E-state index contributed by atoms with van der Waals surface area (Å²) in [7, 11) is 0. The van der Waals surface area contributed by atoms with Crippen molar-refractivity contribution in [1.29, 1.82) is 5.26 Å². The Kier molecular flexibility index (Phi) is 14.2. The molecule has 0 aliphatic heterocycles. The maximum Gasteiger partial charge on any atom is 0.0587 e. The van der Waals surface area contributed by atoms with Crippen molar-refractivity contribution >= 4 is 0 Å². The SMILES string of the molecule is C=C(C)CCc1ccccc1.CC.CC#N. The van der Waals surface area contributed by atoms with Gasteiger partial charge in [-0.05, 0) is 25.3 Å². The fourth-order valence-corrected chi connectivity index (χ4v) is 1.00. The number of hydrogen-bond donors (Lipinski definition) is 0. The monoisotopic (exact) mass is 217 g/mol. The molecule has 0 heterocycles. The third-order valence-electron chi connectivity index (χ3n) is 1.68. The minimum Gasteiger partial charge on any atom is -0.199 e. The topological polar surface area (TPSA) is 23.8 Å². The number of nitriles is 1. The summed E-state index contributed by atoms with van der Waals surface area (Å²) in [6.07, 6.45) is 2.22. The lowest BCUT2D eigenvalue weighted by Crippen LogP contribution is -1.83. The van der Waals surface area contributed by atoms with Crippen molar-refractivity contribution in [3.05, 3.63) is 48.0 Å². The number of rotatable bonds is 3. The standard InChI is InChI=1S/C11H14.C2H3N.C2H6/c1-10(2)8-9-11-6-4-3-5-7-11;1-2-3;1-2/h3-7H,1,8-9H2,2H3;1H3;1-2H3. The molecular formula is C15H23N. The lowest BCUT2D eigenvalue weighted by Gasteiger charge is -1.98. The maximum absolute atomic E-state index is 7.32. The Morgan fingerprint density at radius 1 is 1.25 bits per heavy atom. The Morgan fingerprint density at radius 2 is 1.69 bits per heavy atom. The van der Waals surface area contributed by atoms with Gasteiger partial charge in [0.05, 0.1) is 6.07 Å². The van der Waals surface area contributed by atoms with E-state index in [0.717, 1.165) is 12.8 Å². The van der Waals surface area contributed by atoms with Gasteiger partial charge >= 0.3 is 0 Å². The zero-order valence-corrected chi connectivity index (χ0v) is 11.0. The van der Waals surface area contributed by atoms with E-state index < -0.39 is 0 Å². The van der Waals surface area contributed by atoms with Crippen LogP contribution >= 0.6 is 0 Å². The molecule has 0 radical (unpaired) electrons. The van der Waals surface area contributed by atoms with E-state index in [4.69, 9.17) is 5.26 Å². The smallest absolute Gasteiger partial charge is 0.0587 e. The zero-order chi connectivity index (χ0) is 12.8. The molecule has 1 nitrogen and oxygen atoms in total. The van der Waals surface area contributed by atoms with Crippen LogP contribution in [0.5, 0.6) is 0 Å². The summed E-state index contributed by atoms with van der Waals surface area (Å²) in [5.74, 6) is 0. The molecule has 0 N–H and O–H groups in total. The van der Waals surface area contributed by atoms with E-state index in [9.17, 15) is 0 Å². The van der Waals surface area contributed by atoms with Gasteiger partial charge in [0.1, 0.15) is 0 Å². The Labute approximate surface area is 100 Å². The van der Waals surface area contributed by atoms with Gasteiger partial charge in [0.15, 0.2) is 0 Å². The summed E-state index contributed by atoms with van der Waals surface area (Å²) in [5, 5.41) is 7.32. The van der Waals surface area contributed by atoms with Crippen LogP contribution in [0.25, 0.3) is 0 Å². The molecule has 1 heteroatoms. The fourth-order valence-electron chi connectivity index (χ4n) is 1.00. The molecule has 0 saturated carbocycles. The Morgan fingerprint density at radius 3 is 2.06 bits per heavy atom. The molecule has 0 saturated heterocycles. The molecule has 0 aliphatic carbocycles. The largest absolute Gasteiger partial charge is 0.199 e. The number of benzene rings is 1. The van der Waals surface area contributed by atoms with Gasteiger partial charge in [-0.1, -0.05) is 49.8 Å². The Bertz CT molecular complexity index is 293. The quantitative estimate of drug-likeness (QED) is 0.670. The molecule has 1 aromatic carbocycles. The molecule has 0 fully saturated rings. The molecule has 0 unspecified atom stereocenters. The Balaban J connectivity index is 0. The second-order valence-electron chi connectivity index (χ2n) is 3.17. The van der Waals surface area contributed by atoms with Crippen molar-refractivity contribution in [3.8, 4) is 6.07 Å². The van der Waals surface area contributed by atoms with Gasteiger partial charge in [-0.2, -0.15) is 5.26 Å². The van der Waals surface area contributed by atoms with Crippen molar-refractivity contribution in [2.45, 2.75) is 40.5 Å². The summed E-state index contributed by atoms with van der Waals surface area (Å²) in [5.41, 5.74) is 2.66. The molecular weight excluding hydrogens is 194 g/mol. The third kappa shape index (κ3) is 12.4. The first-order valence-corrected chi connectivity index (χ1v) is 5.69. The summed E-state index contributed by atoms with van der Waals surface area (Å²) in [4.78, 5) is 0. The average molecular weight is 217 g/mol. The molecule has 1 aromatic rings. The second-order valence-corrected chi connectivity index (χ2v) is 3.17. The molecule has 0 atom stereocenters. The second kappa shape index (κ2) is 13.4. The summed E-state index contributed by atoms with van der Waals surface area (Å²) >= 11 is 0. The van der Waals surface area contributed by atoms with E-state index in [1.165, 1.54) is 18.1 Å². The van der Waals surface area contributed by atoms with Crippen LogP contribution in [0.15, 0.2) is 42.5 Å². The molecule has 16 heavy (non-hydrogen) atoms. The lowest BCUT2D eigenvalue weighted by molar-refractivity contribution is 0.946. The molecule has 1 rings (SSSR count). The van der Waals surface area contributed by atoms with Gasteiger partial charge in [-0.3, -0.25) is 0 Å². The van der Waals surface area contributed by atoms with Crippen molar-refractivity contribution < 1.29 is 0 Å². The third-order valence-corrected chi connectivity index (χ3v) is 1.68. The molecule has 0 aliphatic rings. The highest BCUT2D eigenvalue weighted by atomic mass is 14.2. The van der Waals surface area contributed by atoms with Crippen LogP contribution in [0.1, 0.15) is 39.7 Å². The van der Waals surface area contributed by atoms with Crippen LogP contribution in [0.3, 0.4) is 0 Å². The number of nitrogens with zero attached hydrogens (tertiary/aromatic N) is 1. The first-order valence-electron chi connectivity index (χ1n) is 5.69. The fraction of sp³-hybridized carbons (Fsp3) is 0.400. The minimum absolute atomic E-state index is 1.10. The summed E-state index contributed by atoms with van der Waals surface area (Å²) in [6.45, 7) is 11.4. The maximum atomic E-state index is 7.32. The lowest BCUT2D eigenvalue weighted by atomic mass is 10.1. The molecule has 0 amide bonds. The molecule has 0 bridgehead atoms. The van der Waals surface area contributed by atoms with Crippen LogP contribution in [0.2, 0.25) is 0 Å². The predicted octanol–water partition coefficient (Wildman–Crippen LogP) is 4.75. The van der Waals surface area contributed by atoms with E-state index in [-0.39, 0.29) is 0 Å². The number of aryl methyl sites for hydroxylation is 1. The number of allylic oxidation sites excluding steroid dienone is 1. The summed E-state index contributed by atoms with van der Waals surface area (Å²) in [6, 6.07) is 12.3. The van der Waals surface area contributed by atoms with Gasteiger partial charge in [-0.15, -0.1) is 6.58 Å². The highest BCUT2D eigenvalue weighted by molar-refractivity contribution is 5.15. The molecule has 0 aromatic heterocycles. The van der Waals surface area contributed by atoms with Crippen molar-refractivity contribution in [2.75, 3.05) is 0 Å². The van der Waals surface area contributed by atoms with Gasteiger partial charge in [0.2, 0.25) is 0 Å². The van der Waals surface area contributed by atoms with Crippen molar-refractivity contribution in [2.24, 2.45) is 0 Å². The van der Waals surface area contributed by atoms with Crippen LogP contribution in [0.4, 0.5) is 0 Å². The van der Waals surface area contributed by atoms with E-state index in [1.807, 2.05) is 19.9 Å². The highest BCUT2D eigenvalue weighted by Gasteiger charge is 1.90. The van der Waals surface area contributed by atoms with Crippen LogP contribution < -0.4 is 0 Å². The average Bonchev–Trinajstić information content (AvgIpc) is 2.31. The first kappa shape index (κ1) is 16.9. The van der Waals surface area contributed by atoms with Crippen molar-refractivity contribution in [3.63, 3.8) is 0 Å². The summed E-state index contributed by atoms with van der Waals surface area (Å²) < 4.78 is 0. The van der Waals surface area contributed by atoms with Crippen LogP contribution in [0, 0.1) is 11.3 Å². The van der Waals surface area contributed by atoms with Gasteiger partial charge in [0.25, 0.3) is 0 Å².